The summed E-state index contributed by atoms with van der Waals surface area (Å²) in [5, 5.41) is 1.39. The average molecular weight is 374 g/mol. The van der Waals surface area contributed by atoms with Crippen molar-refractivity contribution in [2.75, 3.05) is 26.3 Å². The predicted molar refractivity (Wildman–Crippen MR) is 104 cm³/mol. The van der Waals surface area contributed by atoms with E-state index >= 15 is 0 Å². The van der Waals surface area contributed by atoms with Crippen LogP contribution in [-0.2, 0) is 4.74 Å². The Morgan fingerprint density at radius 3 is 2.44 bits per heavy atom. The summed E-state index contributed by atoms with van der Waals surface area (Å²) in [7, 11) is 0. The van der Waals surface area contributed by atoms with E-state index in [1.165, 1.54) is 5.56 Å². The third-order valence-corrected chi connectivity index (χ3v) is 5.02. The Labute approximate surface area is 159 Å². The maximum absolute atomic E-state index is 6.36. The van der Waals surface area contributed by atoms with Gasteiger partial charge in [0.05, 0.1) is 18.2 Å². The highest BCUT2D eigenvalue weighted by atomic mass is 35.5. The van der Waals surface area contributed by atoms with Crippen molar-refractivity contribution in [3.05, 3.63) is 69.2 Å². The zero-order valence-corrected chi connectivity index (χ0v) is 15.8. The molecule has 0 aliphatic carbocycles. The second kappa shape index (κ2) is 8.74. The van der Waals surface area contributed by atoms with Crippen LogP contribution in [0.2, 0.25) is 10.0 Å². The van der Waals surface area contributed by atoms with E-state index < -0.39 is 0 Å². The van der Waals surface area contributed by atoms with Gasteiger partial charge in [-0.2, -0.15) is 0 Å². The molecule has 0 saturated carbocycles. The number of hydrogen-bond acceptors (Lipinski definition) is 2. The number of benzene rings is 2. The van der Waals surface area contributed by atoms with E-state index in [-0.39, 0.29) is 0 Å². The lowest BCUT2D eigenvalue weighted by Crippen LogP contribution is -2.38. The number of ether oxygens (including phenoxy) is 1. The molecule has 1 heterocycles. The Morgan fingerprint density at radius 2 is 1.76 bits per heavy atom. The van der Waals surface area contributed by atoms with Gasteiger partial charge >= 0.3 is 0 Å². The fourth-order valence-electron chi connectivity index (χ4n) is 3.11. The summed E-state index contributed by atoms with van der Waals surface area (Å²) < 4.78 is 5.47. The highest BCUT2D eigenvalue weighted by Gasteiger charge is 2.21. The van der Waals surface area contributed by atoms with Gasteiger partial charge in [0.25, 0.3) is 0 Å². The van der Waals surface area contributed by atoms with E-state index in [4.69, 9.17) is 27.9 Å². The summed E-state index contributed by atoms with van der Waals surface area (Å²) in [4.78, 5) is 2.48. The standard InChI is InChI=1S/C21H21Cl2NO/c1-2-21(24-11-13-25-14-12-24)18-7-10-20(23)17(15-18)6-3-16-4-8-19(22)9-5-16/h4-5,7-10,15,21H,2,11-14H2,1H3. The van der Waals surface area contributed by atoms with Crippen LogP contribution in [0.4, 0.5) is 0 Å². The lowest BCUT2D eigenvalue weighted by Gasteiger charge is -2.34. The molecule has 1 aliphatic heterocycles. The third kappa shape index (κ3) is 4.77. The number of rotatable bonds is 3. The lowest BCUT2D eigenvalue weighted by atomic mass is 10.00. The molecule has 2 aromatic carbocycles. The largest absolute Gasteiger partial charge is 0.379 e. The number of hydrogen-bond donors (Lipinski definition) is 0. The van der Waals surface area contributed by atoms with Gasteiger partial charge in [-0.25, -0.2) is 0 Å². The van der Waals surface area contributed by atoms with Gasteiger partial charge in [0.2, 0.25) is 0 Å². The topological polar surface area (TPSA) is 12.5 Å². The van der Waals surface area contributed by atoms with Gasteiger partial charge in [0.1, 0.15) is 0 Å². The minimum absolute atomic E-state index is 0.372. The fraction of sp³-hybridized carbons (Fsp3) is 0.333. The molecular weight excluding hydrogens is 353 g/mol. The first-order valence-corrected chi connectivity index (χ1v) is 9.32. The fourth-order valence-corrected chi connectivity index (χ4v) is 3.40. The van der Waals surface area contributed by atoms with Crippen molar-refractivity contribution < 1.29 is 4.74 Å². The molecule has 2 nitrogen and oxygen atoms in total. The zero-order valence-electron chi connectivity index (χ0n) is 14.3. The van der Waals surface area contributed by atoms with Crippen molar-refractivity contribution in [1.82, 2.24) is 4.90 Å². The molecule has 0 amide bonds. The van der Waals surface area contributed by atoms with Gasteiger partial charge in [-0.1, -0.05) is 48.0 Å². The molecule has 0 spiro atoms. The van der Waals surface area contributed by atoms with Crippen molar-refractivity contribution in [3.8, 4) is 11.8 Å². The van der Waals surface area contributed by atoms with Crippen LogP contribution in [0.1, 0.15) is 36.1 Å². The highest BCUT2D eigenvalue weighted by molar-refractivity contribution is 6.31. The van der Waals surface area contributed by atoms with E-state index in [9.17, 15) is 0 Å². The van der Waals surface area contributed by atoms with Crippen LogP contribution in [0.15, 0.2) is 42.5 Å². The summed E-state index contributed by atoms with van der Waals surface area (Å²) in [5.74, 6) is 6.37. The van der Waals surface area contributed by atoms with Gasteiger partial charge in [-0.3, -0.25) is 4.90 Å². The molecule has 2 aromatic rings. The predicted octanol–water partition coefficient (Wildman–Crippen LogP) is 5.18. The van der Waals surface area contributed by atoms with Crippen LogP contribution >= 0.6 is 23.2 Å². The normalized spacial score (nSPS) is 16.1. The first kappa shape index (κ1) is 18.3. The Kier molecular flexibility index (Phi) is 6.39. The molecule has 130 valence electrons. The van der Waals surface area contributed by atoms with Crippen molar-refractivity contribution in [2.45, 2.75) is 19.4 Å². The van der Waals surface area contributed by atoms with Gasteiger partial charge in [0.15, 0.2) is 0 Å². The zero-order chi connectivity index (χ0) is 17.6. The van der Waals surface area contributed by atoms with E-state index in [0.29, 0.717) is 16.1 Å². The van der Waals surface area contributed by atoms with Crippen LogP contribution in [0.5, 0.6) is 0 Å². The van der Waals surface area contributed by atoms with Crippen LogP contribution in [0, 0.1) is 11.8 Å². The molecule has 0 N–H and O–H groups in total. The summed E-state index contributed by atoms with van der Waals surface area (Å²) >= 11 is 12.3. The Balaban J connectivity index is 1.85. The Hall–Kier alpha value is -1.50. The van der Waals surface area contributed by atoms with E-state index in [1.807, 2.05) is 30.3 Å². The van der Waals surface area contributed by atoms with Gasteiger partial charge < -0.3 is 4.74 Å². The minimum Gasteiger partial charge on any atom is -0.379 e. The third-order valence-electron chi connectivity index (χ3n) is 4.43. The quantitative estimate of drug-likeness (QED) is 0.687. The molecule has 0 bridgehead atoms. The average Bonchev–Trinajstić information content (AvgIpc) is 2.65. The Morgan fingerprint density at radius 1 is 1.04 bits per heavy atom. The molecule has 25 heavy (non-hydrogen) atoms. The highest BCUT2D eigenvalue weighted by Crippen LogP contribution is 2.28. The first-order valence-electron chi connectivity index (χ1n) is 8.56. The molecule has 1 aliphatic rings. The molecule has 0 aromatic heterocycles. The minimum atomic E-state index is 0.372. The molecule has 4 heteroatoms. The number of halogens is 2. The Bertz CT molecular complexity index is 771. The van der Waals surface area contributed by atoms with Crippen LogP contribution < -0.4 is 0 Å². The summed E-state index contributed by atoms with van der Waals surface area (Å²) in [6, 6.07) is 14.1. The molecule has 1 saturated heterocycles. The number of nitrogens with zero attached hydrogens (tertiary/aromatic N) is 1. The molecule has 3 rings (SSSR count). The maximum atomic E-state index is 6.36. The van der Waals surface area contributed by atoms with E-state index in [0.717, 1.165) is 43.9 Å². The smallest absolute Gasteiger partial charge is 0.0594 e. The van der Waals surface area contributed by atoms with Crippen molar-refractivity contribution >= 4 is 23.2 Å². The maximum Gasteiger partial charge on any atom is 0.0594 e. The first-order chi connectivity index (χ1) is 12.2. The monoisotopic (exact) mass is 373 g/mol. The van der Waals surface area contributed by atoms with E-state index in [2.05, 4.69) is 35.8 Å². The molecule has 1 unspecified atom stereocenters. The lowest BCUT2D eigenvalue weighted by molar-refractivity contribution is 0.0152. The van der Waals surface area contributed by atoms with Crippen LogP contribution in [0.25, 0.3) is 0 Å². The van der Waals surface area contributed by atoms with Gasteiger partial charge in [0, 0.05) is 35.3 Å². The summed E-state index contributed by atoms with van der Waals surface area (Å²) in [6.07, 6.45) is 1.05. The SMILES string of the molecule is CCC(c1ccc(Cl)c(C#Cc2ccc(Cl)cc2)c1)N1CCOCC1. The van der Waals surface area contributed by atoms with Gasteiger partial charge in [-0.05, 0) is 48.4 Å². The van der Waals surface area contributed by atoms with E-state index in [1.54, 1.807) is 0 Å². The van der Waals surface area contributed by atoms with Gasteiger partial charge in [-0.15, -0.1) is 0 Å². The summed E-state index contributed by atoms with van der Waals surface area (Å²) in [5.41, 5.74) is 3.04. The second-order valence-corrected chi connectivity index (χ2v) is 6.91. The van der Waals surface area contributed by atoms with Crippen molar-refractivity contribution in [3.63, 3.8) is 0 Å². The molecular formula is C21H21Cl2NO. The van der Waals surface area contributed by atoms with Crippen molar-refractivity contribution in [1.29, 1.82) is 0 Å². The second-order valence-electron chi connectivity index (χ2n) is 6.07. The van der Waals surface area contributed by atoms with Crippen molar-refractivity contribution in [2.24, 2.45) is 0 Å². The molecule has 1 fully saturated rings. The summed E-state index contributed by atoms with van der Waals surface area (Å²) in [6.45, 7) is 5.74. The van der Waals surface area contributed by atoms with Crippen LogP contribution in [-0.4, -0.2) is 31.2 Å². The van der Waals surface area contributed by atoms with Crippen LogP contribution in [0.3, 0.4) is 0 Å². The molecule has 1 atom stereocenters. The molecule has 0 radical (unpaired) electrons. The number of morpholine rings is 1.